The normalized spacial score (nSPS) is 12.3. The van der Waals surface area contributed by atoms with E-state index in [9.17, 15) is 4.79 Å². The van der Waals surface area contributed by atoms with Crippen molar-refractivity contribution >= 4 is 17.9 Å². The van der Waals surface area contributed by atoms with Crippen LogP contribution < -0.4 is 16.2 Å². The van der Waals surface area contributed by atoms with Crippen LogP contribution in [0.1, 0.15) is 21.7 Å². The quantitative estimate of drug-likeness (QED) is 0.657. The molecule has 0 radical (unpaired) electrons. The molecule has 136 valence electrons. The van der Waals surface area contributed by atoms with E-state index in [1.54, 1.807) is 12.3 Å². The molecule has 9 heteroatoms. The number of carbonyl (C=O) groups is 1. The third-order valence-electron chi connectivity index (χ3n) is 4.05. The van der Waals surface area contributed by atoms with Crippen molar-refractivity contribution in [1.82, 2.24) is 19.9 Å². The lowest BCUT2D eigenvalue weighted by Crippen LogP contribution is -2.11. The second-order valence-electron chi connectivity index (χ2n) is 5.93. The number of fused-ring (bicyclic) bond motifs is 1. The molecule has 27 heavy (non-hydrogen) atoms. The number of rotatable bonds is 4. The molecule has 0 spiro atoms. The smallest absolute Gasteiger partial charge is 0.340 e. The summed E-state index contributed by atoms with van der Waals surface area (Å²) in [5.41, 5.74) is 14.2. The molecule has 4 rings (SSSR count). The largest absolute Gasteiger partial charge is 0.493 e. The highest BCUT2D eigenvalue weighted by atomic mass is 16.5. The van der Waals surface area contributed by atoms with Crippen molar-refractivity contribution in [2.24, 2.45) is 0 Å². The van der Waals surface area contributed by atoms with E-state index in [-0.39, 0.29) is 24.3 Å². The number of anilines is 2. The molecule has 0 aliphatic carbocycles. The summed E-state index contributed by atoms with van der Waals surface area (Å²) in [5, 5.41) is 0. The maximum Gasteiger partial charge on any atom is 0.340 e. The predicted molar refractivity (Wildman–Crippen MR) is 96.6 cm³/mol. The first-order valence-electron chi connectivity index (χ1n) is 8.22. The van der Waals surface area contributed by atoms with Gasteiger partial charge in [0.1, 0.15) is 5.75 Å². The number of nitrogens with zero attached hydrogens (tertiary/aromatic N) is 4. The summed E-state index contributed by atoms with van der Waals surface area (Å²) >= 11 is 0. The highest BCUT2D eigenvalue weighted by Crippen LogP contribution is 2.30. The third-order valence-corrected chi connectivity index (χ3v) is 4.05. The van der Waals surface area contributed by atoms with E-state index in [0.29, 0.717) is 12.2 Å². The number of esters is 1. The molecular formula is C18H16N6O3. The molecule has 1 aliphatic rings. The van der Waals surface area contributed by atoms with Gasteiger partial charge in [-0.05, 0) is 29.3 Å². The standard InChI is InChI=1S/C18H16N6O3/c19-17-22-15(23-18(20)24-17)9-27-16(25)13-6-12(7-21-8-13)10-1-2-14-11(5-10)3-4-26-14/h1-2,5-8H,3-4,9H2,(H4,19,20,22,23,24). The van der Waals surface area contributed by atoms with E-state index in [2.05, 4.69) is 19.9 Å². The molecular weight excluding hydrogens is 348 g/mol. The Kier molecular flexibility index (Phi) is 4.25. The van der Waals surface area contributed by atoms with Gasteiger partial charge in [-0.2, -0.15) is 15.0 Å². The summed E-state index contributed by atoms with van der Waals surface area (Å²) in [4.78, 5) is 27.9. The average molecular weight is 364 g/mol. The van der Waals surface area contributed by atoms with Gasteiger partial charge in [-0.1, -0.05) is 6.07 Å². The van der Waals surface area contributed by atoms with E-state index in [4.69, 9.17) is 20.9 Å². The Hall–Kier alpha value is -3.75. The minimum atomic E-state index is -0.550. The van der Waals surface area contributed by atoms with E-state index in [1.807, 2.05) is 18.2 Å². The summed E-state index contributed by atoms with van der Waals surface area (Å²) < 4.78 is 10.7. The highest BCUT2D eigenvalue weighted by molar-refractivity contribution is 5.90. The van der Waals surface area contributed by atoms with Gasteiger partial charge in [-0.25, -0.2) is 4.79 Å². The van der Waals surface area contributed by atoms with Crippen LogP contribution in [-0.2, 0) is 17.8 Å². The number of aromatic nitrogens is 4. The summed E-state index contributed by atoms with van der Waals surface area (Å²) in [7, 11) is 0. The van der Waals surface area contributed by atoms with Gasteiger partial charge < -0.3 is 20.9 Å². The van der Waals surface area contributed by atoms with Gasteiger partial charge in [-0.3, -0.25) is 4.98 Å². The van der Waals surface area contributed by atoms with Crippen LogP contribution in [0.25, 0.3) is 11.1 Å². The van der Waals surface area contributed by atoms with Crippen molar-refractivity contribution in [3.8, 4) is 16.9 Å². The van der Waals surface area contributed by atoms with Crippen molar-refractivity contribution in [2.75, 3.05) is 18.1 Å². The van der Waals surface area contributed by atoms with Gasteiger partial charge >= 0.3 is 5.97 Å². The lowest BCUT2D eigenvalue weighted by molar-refractivity contribution is 0.0461. The summed E-state index contributed by atoms with van der Waals surface area (Å²) in [6.45, 7) is 0.520. The monoisotopic (exact) mass is 364 g/mol. The molecule has 0 amide bonds. The van der Waals surface area contributed by atoms with Gasteiger partial charge in [-0.15, -0.1) is 0 Å². The van der Waals surface area contributed by atoms with Crippen LogP contribution in [0.2, 0.25) is 0 Å². The molecule has 3 aromatic rings. The minimum Gasteiger partial charge on any atom is -0.493 e. The lowest BCUT2D eigenvalue weighted by Gasteiger charge is -2.07. The van der Waals surface area contributed by atoms with Crippen LogP contribution in [0.15, 0.2) is 36.7 Å². The van der Waals surface area contributed by atoms with Gasteiger partial charge in [0, 0.05) is 24.4 Å². The van der Waals surface area contributed by atoms with Crippen molar-refractivity contribution < 1.29 is 14.3 Å². The number of nitrogens with two attached hydrogens (primary N) is 2. The Morgan fingerprint density at radius 3 is 2.70 bits per heavy atom. The zero-order valence-corrected chi connectivity index (χ0v) is 14.3. The molecule has 0 atom stereocenters. The second-order valence-corrected chi connectivity index (χ2v) is 5.93. The maximum absolute atomic E-state index is 12.3. The SMILES string of the molecule is Nc1nc(N)nc(COC(=O)c2cncc(-c3ccc4c(c3)CCO4)c2)n1. The number of ether oxygens (including phenoxy) is 2. The number of hydrogen-bond acceptors (Lipinski definition) is 9. The first-order valence-corrected chi connectivity index (χ1v) is 8.22. The third kappa shape index (κ3) is 3.61. The van der Waals surface area contributed by atoms with E-state index >= 15 is 0 Å². The Labute approximate surface area is 154 Å². The van der Waals surface area contributed by atoms with E-state index in [1.165, 1.54) is 6.20 Å². The van der Waals surface area contributed by atoms with Gasteiger partial charge in [0.2, 0.25) is 11.9 Å². The van der Waals surface area contributed by atoms with Gasteiger partial charge in [0.05, 0.1) is 12.2 Å². The Morgan fingerprint density at radius 1 is 1.07 bits per heavy atom. The molecule has 3 heterocycles. The molecule has 0 saturated carbocycles. The lowest BCUT2D eigenvalue weighted by atomic mass is 10.0. The zero-order valence-electron chi connectivity index (χ0n) is 14.3. The van der Waals surface area contributed by atoms with Crippen molar-refractivity contribution in [3.63, 3.8) is 0 Å². The van der Waals surface area contributed by atoms with Gasteiger partial charge in [0.25, 0.3) is 0 Å². The van der Waals surface area contributed by atoms with Crippen LogP contribution in [0, 0.1) is 0 Å². The fourth-order valence-electron chi connectivity index (χ4n) is 2.81. The summed E-state index contributed by atoms with van der Waals surface area (Å²) in [5.74, 6) is 0.469. The Balaban J connectivity index is 1.51. The number of pyridine rings is 1. The molecule has 2 aromatic heterocycles. The first kappa shape index (κ1) is 16.7. The second kappa shape index (κ2) is 6.87. The average Bonchev–Trinajstić information content (AvgIpc) is 3.13. The van der Waals surface area contributed by atoms with Crippen LogP contribution in [0.4, 0.5) is 11.9 Å². The number of carbonyl (C=O) groups excluding carboxylic acids is 1. The highest BCUT2D eigenvalue weighted by Gasteiger charge is 2.15. The zero-order chi connectivity index (χ0) is 18.8. The Morgan fingerprint density at radius 2 is 1.89 bits per heavy atom. The van der Waals surface area contributed by atoms with Crippen molar-refractivity contribution in [1.29, 1.82) is 0 Å². The van der Waals surface area contributed by atoms with Gasteiger partial charge in [0.15, 0.2) is 12.4 Å². The predicted octanol–water partition coefficient (Wildman–Crippen LogP) is 1.39. The molecule has 0 saturated heterocycles. The molecule has 9 nitrogen and oxygen atoms in total. The fraction of sp³-hybridized carbons (Fsp3) is 0.167. The summed E-state index contributed by atoms with van der Waals surface area (Å²) in [6.07, 6.45) is 4.01. The van der Waals surface area contributed by atoms with E-state index in [0.717, 1.165) is 28.9 Å². The van der Waals surface area contributed by atoms with Crippen LogP contribution in [0.3, 0.4) is 0 Å². The molecule has 0 bridgehead atoms. The number of nitrogen functional groups attached to an aromatic ring is 2. The van der Waals surface area contributed by atoms with Crippen LogP contribution in [0.5, 0.6) is 5.75 Å². The first-order chi connectivity index (χ1) is 13.1. The summed E-state index contributed by atoms with van der Waals surface area (Å²) in [6, 6.07) is 7.64. The number of hydrogen-bond donors (Lipinski definition) is 2. The maximum atomic E-state index is 12.3. The van der Waals surface area contributed by atoms with E-state index < -0.39 is 5.97 Å². The van der Waals surface area contributed by atoms with Crippen LogP contribution in [-0.4, -0.2) is 32.5 Å². The minimum absolute atomic E-state index is 0.0298. The number of benzene rings is 1. The van der Waals surface area contributed by atoms with Crippen molar-refractivity contribution in [3.05, 3.63) is 53.6 Å². The molecule has 0 fully saturated rings. The Bertz CT molecular complexity index is 1000. The topological polar surface area (TPSA) is 139 Å². The molecule has 1 aliphatic heterocycles. The van der Waals surface area contributed by atoms with Crippen LogP contribution >= 0.6 is 0 Å². The molecule has 1 aromatic carbocycles. The molecule has 4 N–H and O–H groups in total. The van der Waals surface area contributed by atoms with Crippen molar-refractivity contribution in [2.45, 2.75) is 13.0 Å². The molecule has 0 unspecified atom stereocenters. The fourth-order valence-corrected chi connectivity index (χ4v) is 2.81.